The summed E-state index contributed by atoms with van der Waals surface area (Å²) < 4.78 is 0.938. The fourth-order valence-electron chi connectivity index (χ4n) is 1.23. The first kappa shape index (κ1) is 12.0. The van der Waals surface area contributed by atoms with Gasteiger partial charge in [-0.25, -0.2) is 0 Å². The second kappa shape index (κ2) is 5.72. The van der Waals surface area contributed by atoms with E-state index in [0.717, 1.165) is 10.2 Å². The number of para-hydroxylation sites is 1. The number of carbonyl (C=O) groups excluding carboxylic acids is 1. The van der Waals surface area contributed by atoms with E-state index in [2.05, 4.69) is 21.2 Å². The van der Waals surface area contributed by atoms with Gasteiger partial charge in [-0.3, -0.25) is 4.79 Å². The molecule has 0 spiro atoms. The molecule has 0 fully saturated rings. The molecule has 0 saturated carbocycles. The van der Waals surface area contributed by atoms with Crippen LogP contribution >= 0.6 is 15.9 Å². The van der Waals surface area contributed by atoms with E-state index in [1.165, 1.54) is 0 Å². The maximum atomic E-state index is 10.8. The number of nitrogens with one attached hydrogen (secondary N) is 1. The Morgan fingerprint density at radius 2 is 2.13 bits per heavy atom. The van der Waals surface area contributed by atoms with Crippen molar-refractivity contribution in [3.8, 4) is 0 Å². The fraction of sp³-hybridized carbons (Fsp3) is 0.300. The van der Waals surface area contributed by atoms with Crippen LogP contribution in [0.4, 0.5) is 5.69 Å². The van der Waals surface area contributed by atoms with Crippen molar-refractivity contribution in [1.29, 1.82) is 0 Å². The first-order chi connectivity index (χ1) is 7.13. The summed E-state index contributed by atoms with van der Waals surface area (Å²) in [7, 11) is 0. The molecule has 5 N–H and O–H groups in total. The van der Waals surface area contributed by atoms with Crippen LogP contribution < -0.4 is 16.8 Å². The molecular formula is C10H14BrN3O. The molecular weight excluding hydrogens is 258 g/mol. The molecule has 4 nitrogen and oxygen atoms in total. The topological polar surface area (TPSA) is 81.1 Å². The maximum Gasteiger partial charge on any atom is 0.219 e. The van der Waals surface area contributed by atoms with Crippen LogP contribution in [-0.2, 0) is 4.79 Å². The molecule has 0 aliphatic heterocycles. The van der Waals surface area contributed by atoms with Crippen LogP contribution in [0.25, 0.3) is 0 Å². The van der Waals surface area contributed by atoms with Gasteiger partial charge in [0.1, 0.15) is 0 Å². The van der Waals surface area contributed by atoms with Crippen LogP contribution in [0.1, 0.15) is 6.42 Å². The predicted molar refractivity (Wildman–Crippen MR) is 64.4 cm³/mol. The standard InChI is InChI=1S/C10H14BrN3O/c11-8-3-1-2-4-9(8)14-7(6-12)5-10(13)15/h1-4,7,14H,5-6,12H2,(H2,13,15). The molecule has 5 heteroatoms. The number of anilines is 1. The second-order valence-corrected chi connectivity index (χ2v) is 4.08. The number of amides is 1. The first-order valence-corrected chi connectivity index (χ1v) is 5.42. The molecule has 1 unspecified atom stereocenters. The van der Waals surface area contributed by atoms with Crippen molar-refractivity contribution in [2.45, 2.75) is 12.5 Å². The summed E-state index contributed by atoms with van der Waals surface area (Å²) in [5.74, 6) is -0.356. The summed E-state index contributed by atoms with van der Waals surface area (Å²) in [6.07, 6.45) is 0.234. The number of rotatable bonds is 5. The van der Waals surface area contributed by atoms with E-state index in [-0.39, 0.29) is 18.4 Å². The SMILES string of the molecule is NCC(CC(N)=O)Nc1ccccc1Br. The van der Waals surface area contributed by atoms with Crippen molar-refractivity contribution in [3.63, 3.8) is 0 Å². The smallest absolute Gasteiger partial charge is 0.219 e. The van der Waals surface area contributed by atoms with Crippen LogP contribution in [0, 0.1) is 0 Å². The van der Waals surface area contributed by atoms with E-state index in [9.17, 15) is 4.79 Å². The highest BCUT2D eigenvalue weighted by Crippen LogP contribution is 2.22. The molecule has 0 aliphatic carbocycles. The summed E-state index contributed by atoms with van der Waals surface area (Å²) in [5, 5.41) is 3.16. The van der Waals surface area contributed by atoms with Gasteiger partial charge in [-0.1, -0.05) is 12.1 Å². The molecule has 1 atom stereocenters. The quantitative estimate of drug-likeness (QED) is 0.749. The van der Waals surface area contributed by atoms with E-state index in [4.69, 9.17) is 11.5 Å². The van der Waals surface area contributed by atoms with Crippen molar-refractivity contribution in [2.75, 3.05) is 11.9 Å². The van der Waals surface area contributed by atoms with Gasteiger partial charge in [0.15, 0.2) is 0 Å². The number of primary amides is 1. The third kappa shape index (κ3) is 3.89. The lowest BCUT2D eigenvalue weighted by molar-refractivity contribution is -0.118. The molecule has 15 heavy (non-hydrogen) atoms. The molecule has 1 amide bonds. The number of benzene rings is 1. The lowest BCUT2D eigenvalue weighted by atomic mass is 10.2. The minimum absolute atomic E-state index is 0.124. The summed E-state index contributed by atoms with van der Waals surface area (Å²) in [6.45, 7) is 0.365. The Labute approximate surface area is 97.1 Å². The highest BCUT2D eigenvalue weighted by molar-refractivity contribution is 9.10. The Morgan fingerprint density at radius 1 is 1.47 bits per heavy atom. The minimum atomic E-state index is -0.356. The Kier molecular flexibility index (Phi) is 4.58. The highest BCUT2D eigenvalue weighted by Gasteiger charge is 2.10. The third-order valence-corrected chi connectivity index (χ3v) is 2.66. The van der Waals surface area contributed by atoms with Gasteiger partial charge >= 0.3 is 0 Å². The lowest BCUT2D eigenvalue weighted by Crippen LogP contribution is -2.33. The molecule has 0 bridgehead atoms. The Balaban J connectivity index is 2.66. The summed E-state index contributed by atoms with van der Waals surface area (Å²) in [5.41, 5.74) is 11.6. The van der Waals surface area contributed by atoms with E-state index in [1.54, 1.807) is 0 Å². The average Bonchev–Trinajstić information content (AvgIpc) is 2.19. The van der Waals surface area contributed by atoms with Gasteiger partial charge in [0, 0.05) is 29.2 Å². The normalized spacial score (nSPS) is 12.1. The van der Waals surface area contributed by atoms with E-state index in [1.807, 2.05) is 24.3 Å². The zero-order valence-corrected chi connectivity index (χ0v) is 9.83. The number of halogens is 1. The Hall–Kier alpha value is -1.07. The molecule has 0 heterocycles. The van der Waals surface area contributed by atoms with Crippen molar-refractivity contribution in [1.82, 2.24) is 0 Å². The van der Waals surface area contributed by atoms with Gasteiger partial charge < -0.3 is 16.8 Å². The largest absolute Gasteiger partial charge is 0.380 e. The van der Waals surface area contributed by atoms with Gasteiger partial charge in [-0.15, -0.1) is 0 Å². The second-order valence-electron chi connectivity index (χ2n) is 3.23. The van der Waals surface area contributed by atoms with E-state index < -0.39 is 0 Å². The van der Waals surface area contributed by atoms with Gasteiger partial charge in [-0.05, 0) is 28.1 Å². The molecule has 0 aliphatic rings. The molecule has 82 valence electrons. The Bertz CT molecular complexity index is 343. The third-order valence-electron chi connectivity index (χ3n) is 1.97. The first-order valence-electron chi connectivity index (χ1n) is 4.63. The van der Waals surface area contributed by atoms with Gasteiger partial charge in [0.05, 0.1) is 0 Å². The minimum Gasteiger partial charge on any atom is -0.380 e. The lowest BCUT2D eigenvalue weighted by Gasteiger charge is -2.17. The zero-order valence-electron chi connectivity index (χ0n) is 8.24. The van der Waals surface area contributed by atoms with E-state index in [0.29, 0.717) is 6.54 Å². The fourth-order valence-corrected chi connectivity index (χ4v) is 1.63. The average molecular weight is 272 g/mol. The monoisotopic (exact) mass is 271 g/mol. The van der Waals surface area contributed by atoms with Crippen molar-refractivity contribution >= 4 is 27.5 Å². The van der Waals surface area contributed by atoms with Crippen molar-refractivity contribution in [3.05, 3.63) is 28.7 Å². The van der Waals surface area contributed by atoms with Crippen LogP contribution in [0.3, 0.4) is 0 Å². The number of hydrogen-bond donors (Lipinski definition) is 3. The molecule has 1 aromatic carbocycles. The predicted octanol–water partition coefficient (Wildman–Crippen LogP) is 1.06. The highest BCUT2D eigenvalue weighted by atomic mass is 79.9. The summed E-state index contributed by atoms with van der Waals surface area (Å²) in [4.78, 5) is 10.8. The van der Waals surface area contributed by atoms with Gasteiger partial charge in [0.25, 0.3) is 0 Å². The Morgan fingerprint density at radius 3 is 2.67 bits per heavy atom. The van der Waals surface area contributed by atoms with Gasteiger partial charge in [0.2, 0.25) is 5.91 Å². The molecule has 1 aromatic rings. The number of nitrogens with two attached hydrogens (primary N) is 2. The number of carbonyl (C=O) groups is 1. The zero-order chi connectivity index (χ0) is 11.3. The van der Waals surface area contributed by atoms with Crippen LogP contribution in [0.2, 0.25) is 0 Å². The number of hydrogen-bond acceptors (Lipinski definition) is 3. The summed E-state index contributed by atoms with van der Waals surface area (Å²) >= 11 is 3.40. The van der Waals surface area contributed by atoms with E-state index >= 15 is 0 Å². The molecule has 0 saturated heterocycles. The maximum absolute atomic E-state index is 10.8. The summed E-state index contributed by atoms with van der Waals surface area (Å²) in [6, 6.07) is 7.53. The van der Waals surface area contributed by atoms with Crippen molar-refractivity contribution < 1.29 is 4.79 Å². The molecule has 0 radical (unpaired) electrons. The molecule has 1 rings (SSSR count). The van der Waals surface area contributed by atoms with Gasteiger partial charge in [-0.2, -0.15) is 0 Å². The van der Waals surface area contributed by atoms with Crippen LogP contribution in [-0.4, -0.2) is 18.5 Å². The molecule has 0 aromatic heterocycles. The van der Waals surface area contributed by atoms with Crippen LogP contribution in [0.15, 0.2) is 28.7 Å². The van der Waals surface area contributed by atoms with Crippen molar-refractivity contribution in [2.24, 2.45) is 11.5 Å². The van der Waals surface area contributed by atoms with Crippen LogP contribution in [0.5, 0.6) is 0 Å².